The zero-order chi connectivity index (χ0) is 17.5. The fourth-order valence-corrected chi connectivity index (χ4v) is 2.90. The van der Waals surface area contributed by atoms with Crippen molar-refractivity contribution in [1.82, 2.24) is 4.90 Å². The van der Waals surface area contributed by atoms with E-state index in [0.29, 0.717) is 19.8 Å². The average molecular weight is 333 g/mol. The molecule has 0 saturated carbocycles. The van der Waals surface area contributed by atoms with Crippen LogP contribution in [-0.2, 0) is 20.8 Å². The van der Waals surface area contributed by atoms with Crippen LogP contribution < -0.4 is 4.74 Å². The molecule has 5 heteroatoms. The first-order valence-electron chi connectivity index (χ1n) is 8.34. The molecule has 1 aromatic carbocycles. The summed E-state index contributed by atoms with van der Waals surface area (Å²) in [7, 11) is 1.65. The molecule has 1 aliphatic heterocycles. The fourth-order valence-electron chi connectivity index (χ4n) is 2.90. The Kier molecular flexibility index (Phi) is 6.82. The second kappa shape index (κ2) is 8.85. The third-order valence-electron chi connectivity index (χ3n) is 4.08. The van der Waals surface area contributed by atoms with Gasteiger partial charge in [0.15, 0.2) is 0 Å². The van der Waals surface area contributed by atoms with Crippen LogP contribution in [-0.4, -0.2) is 49.4 Å². The summed E-state index contributed by atoms with van der Waals surface area (Å²) < 4.78 is 16.6. The summed E-state index contributed by atoms with van der Waals surface area (Å²) in [6.07, 6.45) is 2.14. The lowest BCUT2D eigenvalue weighted by Gasteiger charge is -2.38. The highest BCUT2D eigenvalue weighted by atomic mass is 16.5. The van der Waals surface area contributed by atoms with Gasteiger partial charge < -0.3 is 19.1 Å². The summed E-state index contributed by atoms with van der Waals surface area (Å²) >= 11 is 0. The van der Waals surface area contributed by atoms with Crippen molar-refractivity contribution >= 4 is 5.91 Å². The molecule has 0 bridgehead atoms. The van der Waals surface area contributed by atoms with E-state index < -0.39 is 0 Å². The highest BCUT2D eigenvalue weighted by Crippen LogP contribution is 2.22. The van der Waals surface area contributed by atoms with E-state index in [0.717, 1.165) is 17.7 Å². The quantitative estimate of drug-likeness (QED) is 0.720. The Balaban J connectivity index is 2.13. The van der Waals surface area contributed by atoms with Crippen LogP contribution in [0.4, 0.5) is 0 Å². The van der Waals surface area contributed by atoms with Crippen LogP contribution in [0.2, 0.25) is 0 Å². The van der Waals surface area contributed by atoms with E-state index in [2.05, 4.69) is 6.58 Å². The minimum Gasteiger partial charge on any atom is -0.491 e. The van der Waals surface area contributed by atoms with Crippen molar-refractivity contribution in [2.45, 2.75) is 45.1 Å². The molecular formula is C19H27NO4. The normalized spacial score (nSPS) is 20.7. The average Bonchev–Trinajstić information content (AvgIpc) is 2.60. The monoisotopic (exact) mass is 333 g/mol. The van der Waals surface area contributed by atoms with Gasteiger partial charge in [-0.2, -0.15) is 0 Å². The zero-order valence-corrected chi connectivity index (χ0v) is 14.7. The summed E-state index contributed by atoms with van der Waals surface area (Å²) in [5.41, 5.74) is 1.04. The number of nitrogens with zero attached hydrogens (tertiary/aromatic N) is 1. The van der Waals surface area contributed by atoms with E-state index in [1.165, 1.54) is 6.08 Å². The van der Waals surface area contributed by atoms with Gasteiger partial charge in [-0.15, -0.1) is 0 Å². The Morgan fingerprint density at radius 1 is 1.42 bits per heavy atom. The van der Waals surface area contributed by atoms with Crippen molar-refractivity contribution < 1.29 is 19.0 Å². The van der Waals surface area contributed by atoms with Gasteiger partial charge in [-0.05, 0) is 44.0 Å². The lowest BCUT2D eigenvalue weighted by atomic mass is 10.0. The van der Waals surface area contributed by atoms with E-state index in [1.54, 1.807) is 7.11 Å². The Labute approximate surface area is 144 Å². The molecule has 1 fully saturated rings. The second-order valence-electron chi connectivity index (χ2n) is 6.19. The third-order valence-corrected chi connectivity index (χ3v) is 4.08. The fraction of sp³-hybridized carbons (Fsp3) is 0.526. The zero-order valence-electron chi connectivity index (χ0n) is 14.7. The van der Waals surface area contributed by atoms with Crippen LogP contribution in [0, 0.1) is 0 Å². The topological polar surface area (TPSA) is 48.0 Å². The predicted octanol–water partition coefficient (Wildman–Crippen LogP) is 2.79. The number of ether oxygens (including phenoxy) is 3. The number of benzene rings is 1. The van der Waals surface area contributed by atoms with E-state index in [1.807, 2.05) is 43.0 Å². The SMILES string of the molecule is C=CC(=O)N(Cc1ccc(OC(C)C)cc1)C1CCOCC1OC. The maximum atomic E-state index is 12.4. The molecule has 132 valence electrons. The van der Waals surface area contributed by atoms with Gasteiger partial charge in [0.25, 0.3) is 0 Å². The summed E-state index contributed by atoms with van der Waals surface area (Å²) in [5.74, 6) is 0.739. The van der Waals surface area contributed by atoms with E-state index in [-0.39, 0.29) is 24.2 Å². The van der Waals surface area contributed by atoms with Crippen LogP contribution >= 0.6 is 0 Å². The van der Waals surface area contributed by atoms with Crippen molar-refractivity contribution in [3.63, 3.8) is 0 Å². The minimum absolute atomic E-state index is 0.0131. The van der Waals surface area contributed by atoms with Crippen molar-refractivity contribution in [1.29, 1.82) is 0 Å². The van der Waals surface area contributed by atoms with Gasteiger partial charge >= 0.3 is 0 Å². The summed E-state index contributed by atoms with van der Waals surface area (Å²) in [6, 6.07) is 7.83. The van der Waals surface area contributed by atoms with Crippen LogP contribution in [0.25, 0.3) is 0 Å². The number of hydrogen-bond acceptors (Lipinski definition) is 4. The molecule has 24 heavy (non-hydrogen) atoms. The molecule has 0 aliphatic carbocycles. The van der Waals surface area contributed by atoms with Gasteiger partial charge in [-0.3, -0.25) is 4.79 Å². The molecule has 1 heterocycles. The molecule has 2 rings (SSSR count). The smallest absolute Gasteiger partial charge is 0.246 e. The third kappa shape index (κ3) is 4.82. The van der Waals surface area contributed by atoms with Gasteiger partial charge in [-0.25, -0.2) is 0 Å². The second-order valence-corrected chi connectivity index (χ2v) is 6.19. The minimum atomic E-state index is -0.119. The van der Waals surface area contributed by atoms with E-state index in [9.17, 15) is 4.79 Å². The molecule has 1 amide bonds. The number of hydrogen-bond donors (Lipinski definition) is 0. The highest BCUT2D eigenvalue weighted by Gasteiger charge is 2.32. The van der Waals surface area contributed by atoms with Gasteiger partial charge in [-0.1, -0.05) is 18.7 Å². The molecular weight excluding hydrogens is 306 g/mol. The molecule has 1 saturated heterocycles. The van der Waals surface area contributed by atoms with Gasteiger partial charge in [0.05, 0.1) is 18.8 Å². The summed E-state index contributed by atoms with van der Waals surface area (Å²) in [4.78, 5) is 14.2. The lowest BCUT2D eigenvalue weighted by Crippen LogP contribution is -2.51. The molecule has 1 aliphatic rings. The molecule has 1 aromatic rings. The number of amides is 1. The van der Waals surface area contributed by atoms with Crippen molar-refractivity contribution in [3.05, 3.63) is 42.5 Å². The number of methoxy groups -OCH3 is 1. The van der Waals surface area contributed by atoms with Crippen LogP contribution in [0.15, 0.2) is 36.9 Å². The first-order chi connectivity index (χ1) is 11.5. The molecule has 2 atom stereocenters. The first-order valence-corrected chi connectivity index (χ1v) is 8.34. The largest absolute Gasteiger partial charge is 0.491 e. The Bertz CT molecular complexity index is 541. The van der Waals surface area contributed by atoms with Gasteiger partial charge in [0.1, 0.15) is 11.9 Å². The van der Waals surface area contributed by atoms with Crippen LogP contribution in [0.5, 0.6) is 5.75 Å². The van der Waals surface area contributed by atoms with Crippen LogP contribution in [0.1, 0.15) is 25.8 Å². The molecule has 2 unspecified atom stereocenters. The Morgan fingerprint density at radius 3 is 2.71 bits per heavy atom. The van der Waals surface area contributed by atoms with Gasteiger partial charge in [0.2, 0.25) is 5.91 Å². The highest BCUT2D eigenvalue weighted by molar-refractivity contribution is 5.87. The van der Waals surface area contributed by atoms with E-state index >= 15 is 0 Å². The molecule has 0 spiro atoms. The predicted molar refractivity (Wildman–Crippen MR) is 93.0 cm³/mol. The molecule has 0 radical (unpaired) electrons. The molecule has 0 N–H and O–H groups in total. The van der Waals surface area contributed by atoms with Crippen molar-refractivity contribution in [2.24, 2.45) is 0 Å². The first kappa shape index (κ1) is 18.5. The molecule has 0 aromatic heterocycles. The van der Waals surface area contributed by atoms with Gasteiger partial charge in [0, 0.05) is 20.3 Å². The van der Waals surface area contributed by atoms with E-state index in [4.69, 9.17) is 14.2 Å². The number of rotatable bonds is 7. The lowest BCUT2D eigenvalue weighted by molar-refractivity contribution is -0.139. The number of carbonyl (C=O) groups is 1. The molecule has 5 nitrogen and oxygen atoms in total. The van der Waals surface area contributed by atoms with Crippen molar-refractivity contribution in [3.8, 4) is 5.75 Å². The maximum absolute atomic E-state index is 12.4. The van der Waals surface area contributed by atoms with Crippen molar-refractivity contribution in [2.75, 3.05) is 20.3 Å². The van der Waals surface area contributed by atoms with Crippen LogP contribution in [0.3, 0.4) is 0 Å². The Morgan fingerprint density at radius 2 is 2.12 bits per heavy atom. The maximum Gasteiger partial charge on any atom is 0.246 e. The summed E-state index contributed by atoms with van der Waals surface area (Å²) in [5, 5.41) is 0. The summed E-state index contributed by atoms with van der Waals surface area (Å²) in [6.45, 7) is 9.27. The standard InChI is InChI=1S/C19H27NO4/c1-5-19(21)20(17-10-11-23-13-18(17)22-4)12-15-6-8-16(9-7-15)24-14(2)3/h5-9,14,17-18H,1,10-13H2,2-4H3. The number of carbonyl (C=O) groups excluding carboxylic acids is 1. The Hall–Kier alpha value is -1.85.